The molecule has 0 aliphatic carbocycles. The lowest BCUT2D eigenvalue weighted by molar-refractivity contribution is -0.127. The Balaban J connectivity index is 1.41. The molecule has 2 heterocycles. The second-order valence-corrected chi connectivity index (χ2v) is 10.8. The topological polar surface area (TPSA) is 144 Å². The number of Topliss-reactive ketones (excluding diaryl/α,β-unsaturated/α-hetero) is 1. The minimum Gasteiger partial charge on any atom is -0.387 e. The van der Waals surface area contributed by atoms with Crippen LogP contribution in [0.15, 0.2) is 77.6 Å². The number of benzene rings is 2. The number of aryl methyl sites for hydroxylation is 1. The molecule has 2 amide bonds. The molecule has 0 saturated carbocycles. The summed E-state index contributed by atoms with van der Waals surface area (Å²) in [6.07, 6.45) is 8.29. The summed E-state index contributed by atoms with van der Waals surface area (Å²) in [4.78, 5) is 49.6. The van der Waals surface area contributed by atoms with Crippen LogP contribution in [0.2, 0.25) is 0 Å². The van der Waals surface area contributed by atoms with Crippen molar-refractivity contribution in [3.63, 3.8) is 0 Å². The second kappa shape index (κ2) is 15.0. The lowest BCUT2D eigenvalue weighted by atomic mass is 9.99. The van der Waals surface area contributed by atoms with Crippen LogP contribution in [0.5, 0.6) is 0 Å². The van der Waals surface area contributed by atoms with Crippen LogP contribution in [-0.4, -0.2) is 52.4 Å². The van der Waals surface area contributed by atoms with E-state index in [4.69, 9.17) is 11.5 Å². The number of nitrogens with one attached hydrogen (secondary N) is 1. The van der Waals surface area contributed by atoms with Gasteiger partial charge in [-0.05, 0) is 61.1 Å². The molecule has 0 radical (unpaired) electrons. The van der Waals surface area contributed by atoms with Crippen molar-refractivity contribution < 1.29 is 14.4 Å². The van der Waals surface area contributed by atoms with Gasteiger partial charge in [-0.25, -0.2) is 4.99 Å². The molecule has 0 bridgehead atoms. The van der Waals surface area contributed by atoms with E-state index >= 15 is 0 Å². The molecule has 0 fully saturated rings. The van der Waals surface area contributed by atoms with Gasteiger partial charge in [0.2, 0.25) is 5.91 Å². The maximum absolute atomic E-state index is 13.2. The number of anilines is 1. The highest BCUT2D eigenvalue weighted by molar-refractivity contribution is 6.07. The van der Waals surface area contributed by atoms with Crippen LogP contribution >= 0.6 is 0 Å². The number of hydrogen-bond acceptors (Lipinski definition) is 7. The molecule has 9 nitrogen and oxygen atoms in total. The Hall–Kier alpha value is -4.63. The summed E-state index contributed by atoms with van der Waals surface area (Å²) in [7, 11) is 0. The molecule has 0 saturated heterocycles. The van der Waals surface area contributed by atoms with Gasteiger partial charge in [0.15, 0.2) is 0 Å². The fourth-order valence-electron chi connectivity index (χ4n) is 5.06. The van der Waals surface area contributed by atoms with Gasteiger partial charge in [-0.3, -0.25) is 19.4 Å². The highest BCUT2D eigenvalue weighted by Gasteiger charge is 2.21. The number of ketones is 1. The van der Waals surface area contributed by atoms with Crippen molar-refractivity contribution in [3.05, 3.63) is 94.8 Å². The molecule has 0 spiro atoms. The molecule has 9 heteroatoms. The number of carbonyl (C=O) groups excluding carboxylic acids is 3. The predicted octanol–water partition coefficient (Wildman–Crippen LogP) is 4.83. The van der Waals surface area contributed by atoms with Gasteiger partial charge in [-0.15, -0.1) is 0 Å². The zero-order chi connectivity index (χ0) is 30.8. The molecular formula is C34H40N6O3. The third-order valence-electron chi connectivity index (χ3n) is 7.23. The molecule has 224 valence electrons. The molecule has 4 rings (SSSR count). The van der Waals surface area contributed by atoms with E-state index in [1.165, 1.54) is 0 Å². The van der Waals surface area contributed by atoms with Crippen molar-refractivity contribution >= 4 is 40.9 Å². The number of nitrogens with zero attached hydrogens (tertiary/aromatic N) is 3. The van der Waals surface area contributed by atoms with Crippen LogP contribution in [-0.2, 0) is 22.4 Å². The van der Waals surface area contributed by atoms with Gasteiger partial charge in [-0.2, -0.15) is 0 Å². The van der Waals surface area contributed by atoms with Crippen LogP contribution in [0.4, 0.5) is 11.4 Å². The highest BCUT2D eigenvalue weighted by atomic mass is 16.2. The molecule has 3 aromatic rings. The molecule has 1 aromatic heterocycles. The predicted molar refractivity (Wildman–Crippen MR) is 171 cm³/mol. The quantitative estimate of drug-likeness (QED) is 0.264. The fourth-order valence-corrected chi connectivity index (χ4v) is 5.06. The molecule has 1 atom stereocenters. The van der Waals surface area contributed by atoms with E-state index in [1.807, 2.05) is 55.2 Å². The summed E-state index contributed by atoms with van der Waals surface area (Å²) in [5, 5.41) is 2.88. The first kappa shape index (κ1) is 31.3. The summed E-state index contributed by atoms with van der Waals surface area (Å²) in [5.74, 6) is -0.0777. The van der Waals surface area contributed by atoms with Crippen molar-refractivity contribution in [2.75, 3.05) is 18.4 Å². The van der Waals surface area contributed by atoms with Crippen molar-refractivity contribution in [2.24, 2.45) is 16.5 Å². The summed E-state index contributed by atoms with van der Waals surface area (Å²) in [5.41, 5.74) is 16.9. The van der Waals surface area contributed by atoms with Crippen molar-refractivity contribution in [1.29, 1.82) is 0 Å². The van der Waals surface area contributed by atoms with Gasteiger partial charge in [0, 0.05) is 48.8 Å². The van der Waals surface area contributed by atoms with Crippen LogP contribution in [0.25, 0.3) is 6.08 Å². The summed E-state index contributed by atoms with van der Waals surface area (Å²) in [6, 6.07) is 16.1. The number of fused-ring (bicyclic) bond motifs is 1. The number of hydrogen-bond donors (Lipinski definition) is 3. The number of pyridine rings is 1. The third kappa shape index (κ3) is 8.68. The van der Waals surface area contributed by atoms with Gasteiger partial charge < -0.3 is 21.7 Å². The SMILES string of the molecule is CCCN(CCC)C(=O)C1=Cc2ccc(C(=O)Nc3cncc(CCC(=O)C(N)Cc4ccccc4)c3)cc2N=C(N)C1. The Labute approximate surface area is 253 Å². The molecule has 1 aliphatic heterocycles. The van der Waals surface area contributed by atoms with Crippen molar-refractivity contribution in [3.8, 4) is 0 Å². The van der Waals surface area contributed by atoms with Crippen LogP contribution < -0.4 is 16.8 Å². The largest absolute Gasteiger partial charge is 0.387 e. The molecule has 5 N–H and O–H groups in total. The highest BCUT2D eigenvalue weighted by Crippen LogP contribution is 2.29. The Bertz CT molecular complexity index is 1510. The van der Waals surface area contributed by atoms with Crippen LogP contribution in [0.1, 0.15) is 66.6 Å². The molecule has 1 unspecified atom stereocenters. The molecular weight excluding hydrogens is 540 g/mol. The Morgan fingerprint density at radius 2 is 1.72 bits per heavy atom. The van der Waals surface area contributed by atoms with Crippen LogP contribution in [0.3, 0.4) is 0 Å². The first-order chi connectivity index (χ1) is 20.8. The Morgan fingerprint density at radius 3 is 2.44 bits per heavy atom. The first-order valence-electron chi connectivity index (χ1n) is 14.8. The van der Waals surface area contributed by atoms with E-state index in [2.05, 4.69) is 15.3 Å². The van der Waals surface area contributed by atoms with E-state index in [0.717, 1.165) is 29.5 Å². The van der Waals surface area contributed by atoms with Gasteiger partial charge in [0.1, 0.15) is 11.6 Å². The number of carbonyl (C=O) groups is 3. The van der Waals surface area contributed by atoms with Crippen LogP contribution in [0, 0.1) is 0 Å². The average Bonchev–Trinajstić information content (AvgIpc) is 3.17. The minimum absolute atomic E-state index is 0.0227. The smallest absolute Gasteiger partial charge is 0.255 e. The molecule has 43 heavy (non-hydrogen) atoms. The number of amides is 2. The molecule has 1 aliphatic rings. The third-order valence-corrected chi connectivity index (χ3v) is 7.23. The Kier molecular flexibility index (Phi) is 10.9. The minimum atomic E-state index is -0.571. The Morgan fingerprint density at radius 1 is 0.977 bits per heavy atom. The first-order valence-corrected chi connectivity index (χ1v) is 14.8. The van der Waals surface area contributed by atoms with Gasteiger partial charge in [0.25, 0.3) is 5.91 Å². The van der Waals surface area contributed by atoms with E-state index in [1.54, 1.807) is 36.7 Å². The summed E-state index contributed by atoms with van der Waals surface area (Å²) in [6.45, 7) is 5.46. The zero-order valence-electron chi connectivity index (χ0n) is 24.9. The standard InChI is InChI=1S/C34H40N6O3/c1-3-14-40(15-4-2)34(43)27-18-25-11-12-26(19-30(25)39-32(36)20-27)33(42)38-28-16-24(21-37-22-28)10-13-31(41)29(35)17-23-8-6-5-7-9-23/h5-9,11-12,16,18-19,21-22,29H,3-4,10,13-15,17,20,35H2,1-2H3,(H2,36,39)(H,38,42). The number of rotatable bonds is 13. The number of aromatic nitrogens is 1. The monoisotopic (exact) mass is 580 g/mol. The number of nitrogens with two attached hydrogens (primary N) is 2. The van der Waals surface area contributed by atoms with Crippen molar-refractivity contribution in [1.82, 2.24) is 9.88 Å². The lowest BCUT2D eigenvalue weighted by Gasteiger charge is -2.22. The maximum Gasteiger partial charge on any atom is 0.255 e. The summed E-state index contributed by atoms with van der Waals surface area (Å²) >= 11 is 0. The van der Waals surface area contributed by atoms with E-state index < -0.39 is 6.04 Å². The van der Waals surface area contributed by atoms with E-state index in [9.17, 15) is 14.4 Å². The van der Waals surface area contributed by atoms with Gasteiger partial charge >= 0.3 is 0 Å². The molecule has 2 aromatic carbocycles. The van der Waals surface area contributed by atoms with Crippen molar-refractivity contribution in [2.45, 2.75) is 58.4 Å². The lowest BCUT2D eigenvalue weighted by Crippen LogP contribution is -2.34. The second-order valence-electron chi connectivity index (χ2n) is 10.8. The normalized spacial score (nSPS) is 13.2. The van der Waals surface area contributed by atoms with E-state index in [0.29, 0.717) is 54.3 Å². The van der Waals surface area contributed by atoms with Gasteiger partial charge in [-0.1, -0.05) is 50.2 Å². The summed E-state index contributed by atoms with van der Waals surface area (Å²) < 4.78 is 0. The van der Waals surface area contributed by atoms with E-state index in [-0.39, 0.29) is 30.4 Å². The van der Waals surface area contributed by atoms with Gasteiger partial charge in [0.05, 0.1) is 23.6 Å². The maximum atomic E-state index is 13.2. The number of aliphatic imine (C=N–C) groups is 1. The average molecular weight is 581 g/mol. The zero-order valence-corrected chi connectivity index (χ0v) is 24.9. The fraction of sp³-hybridized carbons (Fsp3) is 0.324. The number of amidine groups is 1.